The van der Waals surface area contributed by atoms with Gasteiger partial charge in [0.15, 0.2) is 0 Å². The first-order valence-electron chi connectivity index (χ1n) is 8.48. The van der Waals surface area contributed by atoms with Crippen LogP contribution in [0.5, 0.6) is 0 Å². The van der Waals surface area contributed by atoms with Crippen molar-refractivity contribution in [2.45, 2.75) is 19.0 Å². The van der Waals surface area contributed by atoms with Gasteiger partial charge in [0.1, 0.15) is 5.82 Å². The molecule has 0 aliphatic carbocycles. The maximum atomic E-state index is 13.6. The number of carbonyl (C=O) groups is 1. The SMILES string of the molecule is O=C1NCCc2nn(-c3ccnc(Cc4cc(F)cc(C(F)(F)F)c4)c3)cc21. The van der Waals surface area contributed by atoms with Crippen molar-refractivity contribution in [3.05, 3.63) is 76.6 Å². The molecule has 1 aliphatic rings. The molecular weight excluding hydrogens is 376 g/mol. The van der Waals surface area contributed by atoms with Gasteiger partial charge in [0, 0.05) is 37.5 Å². The zero-order chi connectivity index (χ0) is 19.9. The first-order chi connectivity index (χ1) is 13.3. The summed E-state index contributed by atoms with van der Waals surface area (Å²) < 4.78 is 53.8. The van der Waals surface area contributed by atoms with Crippen molar-refractivity contribution in [2.75, 3.05) is 6.54 Å². The summed E-state index contributed by atoms with van der Waals surface area (Å²) in [6, 6.07) is 5.75. The average molecular weight is 390 g/mol. The van der Waals surface area contributed by atoms with Crippen LogP contribution in [0, 0.1) is 5.82 Å². The second-order valence-electron chi connectivity index (χ2n) is 6.47. The summed E-state index contributed by atoms with van der Waals surface area (Å²) in [7, 11) is 0. The molecule has 4 rings (SSSR count). The molecule has 144 valence electrons. The number of amides is 1. The average Bonchev–Trinajstić information content (AvgIpc) is 3.06. The molecule has 1 N–H and O–H groups in total. The van der Waals surface area contributed by atoms with E-state index in [2.05, 4.69) is 15.4 Å². The van der Waals surface area contributed by atoms with Gasteiger partial charge in [-0.15, -0.1) is 0 Å². The second-order valence-corrected chi connectivity index (χ2v) is 6.47. The number of hydrogen-bond donors (Lipinski definition) is 1. The van der Waals surface area contributed by atoms with Gasteiger partial charge in [-0.3, -0.25) is 9.78 Å². The Bertz CT molecular complexity index is 1060. The van der Waals surface area contributed by atoms with Crippen molar-refractivity contribution in [1.82, 2.24) is 20.1 Å². The largest absolute Gasteiger partial charge is 0.416 e. The van der Waals surface area contributed by atoms with E-state index >= 15 is 0 Å². The third-order valence-corrected chi connectivity index (χ3v) is 4.42. The van der Waals surface area contributed by atoms with Crippen molar-refractivity contribution < 1.29 is 22.4 Å². The molecular formula is C19H14F4N4O. The molecule has 2 aromatic heterocycles. The van der Waals surface area contributed by atoms with Crippen molar-refractivity contribution in [3.63, 3.8) is 0 Å². The number of carbonyl (C=O) groups excluding carboxylic acids is 1. The third-order valence-electron chi connectivity index (χ3n) is 4.42. The second kappa shape index (κ2) is 6.74. The molecule has 0 bridgehead atoms. The van der Waals surface area contributed by atoms with E-state index in [4.69, 9.17) is 0 Å². The summed E-state index contributed by atoms with van der Waals surface area (Å²) in [6.45, 7) is 0.519. The van der Waals surface area contributed by atoms with Gasteiger partial charge in [0.2, 0.25) is 0 Å². The summed E-state index contributed by atoms with van der Waals surface area (Å²) in [6.07, 6.45) is -0.880. The van der Waals surface area contributed by atoms with Crippen molar-refractivity contribution in [2.24, 2.45) is 0 Å². The van der Waals surface area contributed by atoms with Crippen LogP contribution >= 0.6 is 0 Å². The molecule has 0 fully saturated rings. The maximum Gasteiger partial charge on any atom is 0.416 e. The van der Waals surface area contributed by atoms with Gasteiger partial charge >= 0.3 is 6.18 Å². The Kier molecular flexibility index (Phi) is 4.37. The summed E-state index contributed by atoms with van der Waals surface area (Å²) in [4.78, 5) is 16.0. The number of alkyl halides is 3. The van der Waals surface area contributed by atoms with Gasteiger partial charge in [-0.25, -0.2) is 9.07 Å². The lowest BCUT2D eigenvalue weighted by Gasteiger charge is -2.10. The minimum atomic E-state index is -4.62. The van der Waals surface area contributed by atoms with Gasteiger partial charge in [-0.05, 0) is 35.9 Å². The molecule has 9 heteroatoms. The molecule has 0 radical (unpaired) electrons. The maximum absolute atomic E-state index is 13.6. The number of nitrogens with zero attached hydrogens (tertiary/aromatic N) is 3. The number of nitrogens with one attached hydrogen (secondary N) is 1. The van der Waals surface area contributed by atoms with Crippen molar-refractivity contribution >= 4 is 5.91 Å². The first kappa shape index (κ1) is 18.1. The van der Waals surface area contributed by atoms with Crippen LogP contribution in [0.2, 0.25) is 0 Å². The van der Waals surface area contributed by atoms with E-state index in [0.29, 0.717) is 41.7 Å². The highest BCUT2D eigenvalue weighted by atomic mass is 19.4. The Morgan fingerprint density at radius 1 is 1.18 bits per heavy atom. The fourth-order valence-corrected chi connectivity index (χ4v) is 3.14. The van der Waals surface area contributed by atoms with Crippen LogP contribution in [0.1, 0.15) is 32.9 Å². The van der Waals surface area contributed by atoms with E-state index in [1.165, 1.54) is 10.9 Å². The van der Waals surface area contributed by atoms with E-state index in [1.54, 1.807) is 18.3 Å². The smallest absolute Gasteiger partial charge is 0.352 e. The van der Waals surface area contributed by atoms with Crippen LogP contribution in [0.25, 0.3) is 5.69 Å². The fraction of sp³-hybridized carbons (Fsp3) is 0.211. The summed E-state index contributed by atoms with van der Waals surface area (Å²) in [5, 5.41) is 7.14. The number of hydrogen-bond acceptors (Lipinski definition) is 3. The monoisotopic (exact) mass is 390 g/mol. The molecule has 28 heavy (non-hydrogen) atoms. The van der Waals surface area contributed by atoms with Gasteiger partial charge < -0.3 is 5.32 Å². The standard InChI is InChI=1S/C19H14F4N4O/c20-13-6-11(5-12(8-13)19(21,22)23)7-14-9-15(1-3-24-14)27-10-16-17(26-27)2-4-25-18(16)28/h1,3,5-6,8-10H,2,4,7H2,(H,25,28). The van der Waals surface area contributed by atoms with E-state index in [-0.39, 0.29) is 17.9 Å². The predicted molar refractivity (Wildman–Crippen MR) is 91.6 cm³/mol. The predicted octanol–water partition coefficient (Wildman–Crippen LogP) is 3.30. The Hall–Kier alpha value is -3.23. The van der Waals surface area contributed by atoms with Crippen LogP contribution in [0.3, 0.4) is 0 Å². The molecule has 3 aromatic rings. The normalized spacial score (nSPS) is 13.9. The Morgan fingerprint density at radius 3 is 2.75 bits per heavy atom. The van der Waals surface area contributed by atoms with Crippen LogP contribution < -0.4 is 5.32 Å². The molecule has 1 aromatic carbocycles. The molecule has 0 saturated heterocycles. The molecule has 1 amide bonds. The van der Waals surface area contributed by atoms with Gasteiger partial charge in [0.05, 0.1) is 22.5 Å². The third kappa shape index (κ3) is 3.60. The topological polar surface area (TPSA) is 59.8 Å². The number of pyridine rings is 1. The number of benzene rings is 1. The molecule has 0 saturated carbocycles. The number of rotatable bonds is 3. The minimum Gasteiger partial charge on any atom is -0.352 e. The number of aromatic nitrogens is 3. The van der Waals surface area contributed by atoms with Crippen LogP contribution in [0.15, 0.2) is 42.7 Å². The highest BCUT2D eigenvalue weighted by Gasteiger charge is 2.31. The lowest BCUT2D eigenvalue weighted by molar-refractivity contribution is -0.137. The van der Waals surface area contributed by atoms with E-state index < -0.39 is 17.6 Å². The lowest BCUT2D eigenvalue weighted by atomic mass is 10.0. The van der Waals surface area contributed by atoms with Gasteiger partial charge in [-0.2, -0.15) is 18.3 Å². The number of halogens is 4. The Balaban J connectivity index is 1.64. The van der Waals surface area contributed by atoms with Crippen LogP contribution in [0.4, 0.5) is 17.6 Å². The summed E-state index contributed by atoms with van der Waals surface area (Å²) in [5.41, 5.74) is 1.36. The molecule has 0 unspecified atom stereocenters. The zero-order valence-corrected chi connectivity index (χ0v) is 14.4. The molecule has 0 spiro atoms. The lowest BCUT2D eigenvalue weighted by Crippen LogP contribution is -2.31. The molecule has 1 aliphatic heterocycles. The first-order valence-corrected chi connectivity index (χ1v) is 8.48. The minimum absolute atomic E-state index is 0.0240. The van der Waals surface area contributed by atoms with Crippen LogP contribution in [-0.4, -0.2) is 27.2 Å². The van der Waals surface area contributed by atoms with Gasteiger partial charge in [-0.1, -0.05) is 0 Å². The molecule has 5 nitrogen and oxygen atoms in total. The highest BCUT2D eigenvalue weighted by Crippen LogP contribution is 2.31. The zero-order valence-electron chi connectivity index (χ0n) is 14.4. The Morgan fingerprint density at radius 2 is 2.00 bits per heavy atom. The van der Waals surface area contributed by atoms with Gasteiger partial charge in [0.25, 0.3) is 5.91 Å². The number of fused-ring (bicyclic) bond motifs is 1. The molecule has 0 atom stereocenters. The van der Waals surface area contributed by atoms with E-state index in [1.807, 2.05) is 0 Å². The molecule has 3 heterocycles. The van der Waals surface area contributed by atoms with E-state index in [9.17, 15) is 22.4 Å². The van der Waals surface area contributed by atoms with Crippen molar-refractivity contribution in [1.29, 1.82) is 0 Å². The van der Waals surface area contributed by atoms with E-state index in [0.717, 1.165) is 12.1 Å². The van der Waals surface area contributed by atoms with Crippen molar-refractivity contribution in [3.8, 4) is 5.69 Å². The summed E-state index contributed by atoms with van der Waals surface area (Å²) >= 11 is 0. The highest BCUT2D eigenvalue weighted by molar-refractivity contribution is 5.96. The summed E-state index contributed by atoms with van der Waals surface area (Å²) in [5.74, 6) is -1.15. The Labute approximate surface area is 157 Å². The van der Waals surface area contributed by atoms with Crippen LogP contribution in [-0.2, 0) is 19.0 Å². The fourth-order valence-electron chi connectivity index (χ4n) is 3.14. The quantitative estimate of drug-likeness (QED) is 0.698.